The van der Waals surface area contributed by atoms with E-state index in [-0.39, 0.29) is 30.4 Å². The highest BCUT2D eigenvalue weighted by Crippen LogP contribution is 2.42. The van der Waals surface area contributed by atoms with Gasteiger partial charge in [-0.25, -0.2) is 0 Å². The fourth-order valence-corrected chi connectivity index (χ4v) is 5.70. The first-order valence-corrected chi connectivity index (χ1v) is 11.6. The molecule has 1 saturated carbocycles. The van der Waals surface area contributed by atoms with E-state index in [0.29, 0.717) is 6.04 Å². The fraction of sp³-hybridized carbons (Fsp3) is 0.357. The molecule has 0 amide bonds. The number of halogens is 2. The summed E-state index contributed by atoms with van der Waals surface area (Å²) in [5, 5.41) is 6.57. The predicted molar refractivity (Wildman–Crippen MR) is 147 cm³/mol. The van der Waals surface area contributed by atoms with Crippen molar-refractivity contribution in [2.75, 3.05) is 19.4 Å². The summed E-state index contributed by atoms with van der Waals surface area (Å²) in [5.41, 5.74) is 5.50. The molecule has 5 rings (SSSR count). The summed E-state index contributed by atoms with van der Waals surface area (Å²) in [7, 11) is 4.47. The molecule has 0 saturated heterocycles. The third-order valence-corrected chi connectivity index (χ3v) is 7.44. The standard InChI is InChI=1S/C28H33N3.2ClH/c1-4-31-26-13-9-8-12-24(26)25-20-23(14-15-27(25)31)29-22-16-18-28(19-17-22,30(2)3)21-10-6-5-7-11-21;;/h5-15,20,22,29H,4,16-19H2,1-3H3;2*1H. The van der Waals surface area contributed by atoms with Gasteiger partial charge in [-0.2, -0.15) is 0 Å². The van der Waals surface area contributed by atoms with Crippen molar-refractivity contribution in [1.29, 1.82) is 0 Å². The van der Waals surface area contributed by atoms with Crippen LogP contribution in [-0.2, 0) is 12.1 Å². The van der Waals surface area contributed by atoms with Gasteiger partial charge in [0.15, 0.2) is 0 Å². The smallest absolute Gasteiger partial charge is 0.0492 e. The molecule has 5 heteroatoms. The lowest BCUT2D eigenvalue weighted by molar-refractivity contribution is 0.0945. The Balaban J connectivity index is 0.00000153. The minimum Gasteiger partial charge on any atom is -0.382 e. The van der Waals surface area contributed by atoms with E-state index in [1.807, 2.05) is 0 Å². The van der Waals surface area contributed by atoms with Crippen LogP contribution >= 0.6 is 24.8 Å². The van der Waals surface area contributed by atoms with Crippen LogP contribution in [0.5, 0.6) is 0 Å². The molecule has 4 aromatic rings. The minimum absolute atomic E-state index is 0. The fourth-order valence-electron chi connectivity index (χ4n) is 5.70. The monoisotopic (exact) mass is 483 g/mol. The highest BCUT2D eigenvalue weighted by Gasteiger charge is 2.38. The molecule has 1 aliphatic carbocycles. The van der Waals surface area contributed by atoms with Gasteiger partial charge in [0.25, 0.3) is 0 Å². The Hall–Kier alpha value is -2.20. The number of nitrogens with zero attached hydrogens (tertiary/aromatic N) is 2. The van der Waals surface area contributed by atoms with Crippen LogP contribution < -0.4 is 5.32 Å². The second-order valence-electron chi connectivity index (χ2n) is 9.20. The lowest BCUT2D eigenvalue weighted by atomic mass is 9.74. The van der Waals surface area contributed by atoms with Crippen LogP contribution in [0.2, 0.25) is 0 Å². The molecule has 0 unspecified atom stereocenters. The van der Waals surface area contributed by atoms with Gasteiger partial charge in [0.2, 0.25) is 0 Å². The van der Waals surface area contributed by atoms with Gasteiger partial charge in [0, 0.05) is 45.6 Å². The van der Waals surface area contributed by atoms with Crippen molar-refractivity contribution in [3.63, 3.8) is 0 Å². The summed E-state index contributed by atoms with van der Waals surface area (Å²) >= 11 is 0. The molecule has 1 heterocycles. The van der Waals surface area contributed by atoms with E-state index >= 15 is 0 Å². The molecule has 1 aromatic heterocycles. The number of rotatable bonds is 5. The van der Waals surface area contributed by atoms with Gasteiger partial charge in [-0.3, -0.25) is 4.90 Å². The molecule has 3 nitrogen and oxygen atoms in total. The first-order valence-electron chi connectivity index (χ1n) is 11.6. The van der Waals surface area contributed by atoms with Gasteiger partial charge < -0.3 is 9.88 Å². The molecule has 33 heavy (non-hydrogen) atoms. The number of hydrogen-bond acceptors (Lipinski definition) is 2. The highest BCUT2D eigenvalue weighted by molar-refractivity contribution is 6.09. The van der Waals surface area contributed by atoms with Crippen molar-refractivity contribution in [1.82, 2.24) is 9.47 Å². The van der Waals surface area contributed by atoms with Gasteiger partial charge in [-0.05, 0) is 76.5 Å². The Morgan fingerprint density at radius 2 is 1.48 bits per heavy atom. The van der Waals surface area contributed by atoms with Gasteiger partial charge >= 0.3 is 0 Å². The zero-order valence-electron chi connectivity index (χ0n) is 19.8. The summed E-state index contributed by atoms with van der Waals surface area (Å²) in [5.74, 6) is 0. The number of anilines is 1. The molecule has 1 N–H and O–H groups in total. The number of fused-ring (bicyclic) bond motifs is 3. The van der Waals surface area contributed by atoms with Crippen LogP contribution in [0.1, 0.15) is 38.2 Å². The topological polar surface area (TPSA) is 20.2 Å². The maximum absolute atomic E-state index is 3.87. The molecule has 0 radical (unpaired) electrons. The summed E-state index contributed by atoms with van der Waals surface area (Å²) in [6, 6.07) is 27.3. The van der Waals surface area contributed by atoms with Gasteiger partial charge in [0.05, 0.1) is 0 Å². The SMILES string of the molecule is CCn1c2ccccc2c2cc(NC3CCC(c4ccccc4)(N(C)C)CC3)ccc21.Cl.Cl. The van der Waals surface area contributed by atoms with Crippen molar-refractivity contribution in [3.8, 4) is 0 Å². The zero-order chi connectivity index (χ0) is 21.4. The van der Waals surface area contributed by atoms with Gasteiger partial charge in [-0.1, -0.05) is 48.5 Å². The third kappa shape index (κ3) is 4.47. The number of hydrogen-bond donors (Lipinski definition) is 1. The van der Waals surface area contributed by atoms with Crippen LogP contribution in [0.15, 0.2) is 72.8 Å². The number of aryl methyl sites for hydroxylation is 1. The van der Waals surface area contributed by atoms with E-state index in [2.05, 4.69) is 109 Å². The van der Waals surface area contributed by atoms with Gasteiger partial charge in [0.1, 0.15) is 0 Å². The average Bonchev–Trinajstić information content (AvgIpc) is 3.13. The van der Waals surface area contributed by atoms with Crippen molar-refractivity contribution < 1.29 is 0 Å². The average molecular weight is 485 g/mol. The number of para-hydroxylation sites is 1. The largest absolute Gasteiger partial charge is 0.382 e. The van der Waals surface area contributed by atoms with Crippen molar-refractivity contribution in [2.45, 2.75) is 50.7 Å². The molecular weight excluding hydrogens is 449 g/mol. The maximum Gasteiger partial charge on any atom is 0.0492 e. The van der Waals surface area contributed by atoms with Crippen LogP contribution in [0, 0.1) is 0 Å². The van der Waals surface area contributed by atoms with Crippen LogP contribution in [0.4, 0.5) is 5.69 Å². The Morgan fingerprint density at radius 3 is 2.15 bits per heavy atom. The van der Waals surface area contributed by atoms with E-state index in [1.54, 1.807) is 0 Å². The van der Waals surface area contributed by atoms with Crippen molar-refractivity contribution in [2.24, 2.45) is 0 Å². The summed E-state index contributed by atoms with van der Waals surface area (Å²) in [6.45, 7) is 3.22. The summed E-state index contributed by atoms with van der Waals surface area (Å²) in [4.78, 5) is 2.43. The number of nitrogens with one attached hydrogen (secondary N) is 1. The molecule has 1 fully saturated rings. The highest BCUT2D eigenvalue weighted by atomic mass is 35.5. The molecular formula is C28H35Cl2N3. The van der Waals surface area contributed by atoms with Crippen LogP contribution in [0.3, 0.4) is 0 Å². The predicted octanol–water partition coefficient (Wildman–Crippen LogP) is 7.47. The molecule has 1 aliphatic rings. The molecule has 0 atom stereocenters. The lowest BCUT2D eigenvalue weighted by Crippen LogP contribution is -2.46. The molecule has 0 bridgehead atoms. The summed E-state index contributed by atoms with van der Waals surface area (Å²) < 4.78 is 2.42. The van der Waals surface area contributed by atoms with Crippen molar-refractivity contribution in [3.05, 3.63) is 78.4 Å². The molecule has 0 aliphatic heterocycles. The Bertz CT molecular complexity index is 1190. The zero-order valence-corrected chi connectivity index (χ0v) is 21.4. The van der Waals surface area contributed by atoms with Gasteiger partial charge in [-0.15, -0.1) is 24.8 Å². The van der Waals surface area contributed by atoms with Crippen LogP contribution in [-0.4, -0.2) is 29.6 Å². The second kappa shape index (κ2) is 10.4. The normalized spacial score (nSPS) is 20.4. The minimum atomic E-state index is 0. The second-order valence-corrected chi connectivity index (χ2v) is 9.20. The quantitative estimate of drug-likeness (QED) is 0.317. The van der Waals surface area contributed by atoms with E-state index in [0.717, 1.165) is 6.54 Å². The lowest BCUT2D eigenvalue weighted by Gasteiger charge is -2.46. The number of aromatic nitrogens is 1. The van der Waals surface area contributed by atoms with E-state index in [1.165, 1.54) is 58.7 Å². The van der Waals surface area contributed by atoms with E-state index < -0.39 is 0 Å². The Labute approximate surface area is 210 Å². The van der Waals surface area contributed by atoms with E-state index in [4.69, 9.17) is 0 Å². The first-order chi connectivity index (χ1) is 15.1. The van der Waals surface area contributed by atoms with Crippen LogP contribution in [0.25, 0.3) is 21.8 Å². The maximum atomic E-state index is 3.87. The third-order valence-electron chi connectivity index (χ3n) is 7.44. The molecule has 176 valence electrons. The number of benzene rings is 3. The van der Waals surface area contributed by atoms with Crippen molar-refractivity contribution >= 4 is 52.3 Å². The summed E-state index contributed by atoms with van der Waals surface area (Å²) in [6.07, 6.45) is 4.72. The molecule has 0 spiro atoms. The Kier molecular flexibility index (Phi) is 8.00. The molecule has 3 aromatic carbocycles. The van der Waals surface area contributed by atoms with E-state index in [9.17, 15) is 0 Å². The Morgan fingerprint density at radius 1 is 0.848 bits per heavy atom. The first kappa shape index (κ1) is 25.4.